The first-order valence-electron chi connectivity index (χ1n) is 16.2. The summed E-state index contributed by atoms with van der Waals surface area (Å²) in [6.07, 6.45) is 7.63. The number of nitrogens with zero attached hydrogens (tertiary/aromatic N) is 2. The van der Waals surface area contributed by atoms with Crippen LogP contribution in [0.5, 0.6) is 0 Å². The molecular weight excluding hydrogens is 544 g/mol. The zero-order chi connectivity index (χ0) is 33.4. The molecule has 5 heteroatoms. The number of likely N-dealkylation sites (tertiary alicyclic amines) is 2. The number of piperidine rings is 2. The molecule has 0 spiro atoms. The first-order valence-corrected chi connectivity index (χ1v) is 16.2. The molecule has 0 bridgehead atoms. The van der Waals surface area contributed by atoms with Crippen molar-refractivity contribution < 1.29 is 14.3 Å². The second-order valence-corrected chi connectivity index (χ2v) is 13.1. The quantitative estimate of drug-likeness (QED) is 0.326. The lowest BCUT2D eigenvalue weighted by molar-refractivity contribution is -0.123. The van der Waals surface area contributed by atoms with Crippen molar-refractivity contribution in [1.82, 2.24) is 9.80 Å². The van der Waals surface area contributed by atoms with Crippen LogP contribution in [-0.2, 0) is 9.53 Å². The summed E-state index contributed by atoms with van der Waals surface area (Å²) in [6.45, 7) is 29.1. The van der Waals surface area contributed by atoms with Crippen LogP contribution >= 0.6 is 0 Å². The Morgan fingerprint density at radius 3 is 2.00 bits per heavy atom. The minimum absolute atomic E-state index is 0.0914. The maximum absolute atomic E-state index is 11.9. The fourth-order valence-corrected chi connectivity index (χ4v) is 5.89. The summed E-state index contributed by atoms with van der Waals surface area (Å²) in [5.74, 6) is 0.531. The van der Waals surface area contributed by atoms with Gasteiger partial charge in [-0.15, -0.1) is 13.2 Å². The van der Waals surface area contributed by atoms with E-state index in [1.54, 1.807) is 11.8 Å². The smallest absolute Gasteiger partial charge is 0.410 e. The monoisotopic (exact) mass is 604 g/mol. The molecule has 2 saturated heterocycles. The molecule has 0 aromatic heterocycles. The average molecular weight is 605 g/mol. The van der Waals surface area contributed by atoms with Crippen molar-refractivity contribution in [2.75, 3.05) is 13.1 Å². The molecule has 2 aliphatic rings. The lowest BCUT2D eigenvalue weighted by Crippen LogP contribution is -2.46. The van der Waals surface area contributed by atoms with Crippen molar-refractivity contribution >= 4 is 11.9 Å². The van der Waals surface area contributed by atoms with Gasteiger partial charge in [0.05, 0.1) is 6.04 Å². The van der Waals surface area contributed by atoms with E-state index in [4.69, 9.17) is 4.74 Å². The first kappa shape index (κ1) is 38.7. The van der Waals surface area contributed by atoms with Gasteiger partial charge < -0.3 is 14.5 Å². The summed E-state index contributed by atoms with van der Waals surface area (Å²) in [5, 5.41) is 0. The van der Waals surface area contributed by atoms with Gasteiger partial charge in [0.2, 0.25) is 0 Å². The SMILES string of the molecule is C=C.C=CN1[C@@H](CC)CCC[C@H]1c1cccc(C)c1.CC(=O)C1CCN(C(=O)OC(C)(C)C)CC1C.Cc1ccc(C)cc1. The van der Waals surface area contributed by atoms with Crippen molar-refractivity contribution in [3.05, 3.63) is 96.7 Å². The second-order valence-electron chi connectivity index (χ2n) is 13.1. The fourth-order valence-electron chi connectivity index (χ4n) is 5.89. The van der Waals surface area contributed by atoms with E-state index >= 15 is 0 Å². The zero-order valence-electron chi connectivity index (χ0n) is 29.2. The van der Waals surface area contributed by atoms with E-state index in [1.165, 1.54) is 47.9 Å². The first-order chi connectivity index (χ1) is 20.7. The van der Waals surface area contributed by atoms with Crippen LogP contribution < -0.4 is 0 Å². The van der Waals surface area contributed by atoms with Gasteiger partial charge in [0.15, 0.2) is 0 Å². The molecule has 2 aliphatic heterocycles. The fraction of sp³-hybridized carbons (Fsp3) is 0.538. The number of aryl methyl sites for hydroxylation is 3. The van der Waals surface area contributed by atoms with Crippen LogP contribution in [0.1, 0.15) is 102 Å². The summed E-state index contributed by atoms with van der Waals surface area (Å²) < 4.78 is 5.32. The molecule has 2 heterocycles. The van der Waals surface area contributed by atoms with E-state index in [2.05, 4.69) is 101 Å². The van der Waals surface area contributed by atoms with E-state index in [9.17, 15) is 9.59 Å². The Bertz CT molecular complexity index is 1130. The lowest BCUT2D eigenvalue weighted by atomic mass is 9.84. The molecular formula is C39H60N2O3. The number of carbonyl (C=O) groups excluding carboxylic acids is 2. The highest BCUT2D eigenvalue weighted by Gasteiger charge is 2.33. The third-order valence-corrected chi connectivity index (χ3v) is 8.20. The molecule has 5 nitrogen and oxygen atoms in total. The molecule has 44 heavy (non-hydrogen) atoms. The third-order valence-electron chi connectivity index (χ3n) is 8.20. The Morgan fingerprint density at radius 1 is 0.955 bits per heavy atom. The Kier molecular flexibility index (Phi) is 16.8. The van der Waals surface area contributed by atoms with Crippen LogP contribution in [0, 0.1) is 32.6 Å². The molecule has 0 aliphatic carbocycles. The molecule has 2 aromatic carbocycles. The average Bonchev–Trinajstić information content (AvgIpc) is 2.98. The van der Waals surface area contributed by atoms with E-state index in [0.717, 1.165) is 6.42 Å². The van der Waals surface area contributed by atoms with Gasteiger partial charge in [0.25, 0.3) is 0 Å². The van der Waals surface area contributed by atoms with Gasteiger partial charge in [0.1, 0.15) is 11.4 Å². The van der Waals surface area contributed by atoms with Crippen molar-refractivity contribution in [3.63, 3.8) is 0 Å². The summed E-state index contributed by atoms with van der Waals surface area (Å²) in [4.78, 5) is 27.4. The predicted octanol–water partition coefficient (Wildman–Crippen LogP) is 10.0. The molecule has 2 unspecified atom stereocenters. The van der Waals surface area contributed by atoms with Crippen molar-refractivity contribution in [2.24, 2.45) is 11.8 Å². The van der Waals surface area contributed by atoms with Gasteiger partial charge in [-0.2, -0.15) is 0 Å². The van der Waals surface area contributed by atoms with Gasteiger partial charge in [0, 0.05) is 25.0 Å². The Hall–Kier alpha value is -3.34. The minimum Gasteiger partial charge on any atom is -0.444 e. The summed E-state index contributed by atoms with van der Waals surface area (Å²) in [5.41, 5.74) is 5.00. The number of benzene rings is 2. The topological polar surface area (TPSA) is 49.9 Å². The van der Waals surface area contributed by atoms with E-state index in [0.29, 0.717) is 25.2 Å². The number of hydrogen-bond donors (Lipinski definition) is 0. The summed E-state index contributed by atoms with van der Waals surface area (Å²) in [6, 6.07) is 18.6. The lowest BCUT2D eigenvalue weighted by Gasteiger charge is -2.41. The molecule has 0 saturated carbocycles. The Morgan fingerprint density at radius 2 is 1.55 bits per heavy atom. The molecule has 244 valence electrons. The van der Waals surface area contributed by atoms with Crippen molar-refractivity contribution in [1.29, 1.82) is 0 Å². The number of hydrogen-bond acceptors (Lipinski definition) is 4. The second kappa shape index (κ2) is 19.1. The molecule has 0 N–H and O–H groups in total. The van der Waals surface area contributed by atoms with E-state index in [1.807, 2.05) is 33.9 Å². The van der Waals surface area contributed by atoms with E-state index in [-0.39, 0.29) is 23.7 Å². The van der Waals surface area contributed by atoms with Gasteiger partial charge in [-0.3, -0.25) is 4.79 Å². The Balaban J connectivity index is 0.000000339. The van der Waals surface area contributed by atoms with Crippen LogP contribution in [-0.4, -0.2) is 46.4 Å². The maximum Gasteiger partial charge on any atom is 0.410 e. The van der Waals surface area contributed by atoms with Gasteiger partial charge in [-0.1, -0.05) is 85.6 Å². The molecule has 0 radical (unpaired) electrons. The summed E-state index contributed by atoms with van der Waals surface area (Å²) in [7, 11) is 0. The summed E-state index contributed by atoms with van der Waals surface area (Å²) >= 11 is 0. The number of amides is 1. The molecule has 4 rings (SSSR count). The number of rotatable bonds is 4. The van der Waals surface area contributed by atoms with E-state index < -0.39 is 5.60 Å². The highest BCUT2D eigenvalue weighted by Crippen LogP contribution is 2.35. The van der Waals surface area contributed by atoms with Crippen LogP contribution in [0.4, 0.5) is 4.79 Å². The highest BCUT2D eigenvalue weighted by atomic mass is 16.6. The minimum atomic E-state index is -0.461. The molecule has 2 fully saturated rings. The predicted molar refractivity (Wildman–Crippen MR) is 187 cm³/mol. The van der Waals surface area contributed by atoms with Gasteiger partial charge in [-0.05, 0) is 98.3 Å². The number of Topliss-reactive ketones (excluding diaryl/α,β-unsaturated/α-hetero) is 1. The maximum atomic E-state index is 11.9. The highest BCUT2D eigenvalue weighted by molar-refractivity contribution is 5.79. The zero-order valence-corrected chi connectivity index (χ0v) is 29.2. The van der Waals surface area contributed by atoms with Crippen LogP contribution in [0.25, 0.3) is 0 Å². The largest absolute Gasteiger partial charge is 0.444 e. The molecule has 1 amide bonds. The number of ether oxygens (including phenoxy) is 1. The molecule has 2 aromatic rings. The number of ketones is 1. The van der Waals surface area contributed by atoms with Crippen LogP contribution in [0.15, 0.2) is 74.5 Å². The molecule has 4 atom stereocenters. The van der Waals surface area contributed by atoms with Crippen LogP contribution in [0.2, 0.25) is 0 Å². The Labute approximate surface area is 269 Å². The van der Waals surface area contributed by atoms with Crippen molar-refractivity contribution in [2.45, 2.75) is 112 Å². The standard InChI is InChI=1S/C16H23N.C13H23NO3.C8H10.C2H4/c1-4-15-10-7-11-16(17(15)5-2)14-9-6-8-13(3)12-14;1-9-8-14(7-6-11(9)10(2)15)12(16)17-13(3,4)5;1-7-3-5-8(2)6-4-7;1-2/h5-6,8-9,12,15-16H,2,4,7,10-11H2,1,3H3;9,11H,6-8H2,1-5H3;3-6H,1-2H3;1-2H2/t15-,16-;;;/m0.../s1. The third kappa shape index (κ3) is 13.1. The van der Waals surface area contributed by atoms with Crippen LogP contribution in [0.3, 0.4) is 0 Å². The van der Waals surface area contributed by atoms with Gasteiger partial charge in [-0.25, -0.2) is 4.79 Å². The van der Waals surface area contributed by atoms with Crippen molar-refractivity contribution in [3.8, 4) is 0 Å². The number of carbonyl (C=O) groups is 2. The normalized spacial score (nSPS) is 21.2. The van der Waals surface area contributed by atoms with Gasteiger partial charge >= 0.3 is 6.09 Å².